The molecule has 0 amide bonds. The summed E-state index contributed by atoms with van der Waals surface area (Å²) in [6.07, 6.45) is 2.17. The number of rotatable bonds is 5. The van der Waals surface area contributed by atoms with Crippen LogP contribution in [0.4, 0.5) is 0 Å². The minimum atomic E-state index is -0.184. The maximum atomic E-state index is 9.67. The summed E-state index contributed by atoms with van der Waals surface area (Å²) >= 11 is 9.30. The van der Waals surface area contributed by atoms with Crippen LogP contribution in [0.3, 0.4) is 0 Å². The van der Waals surface area contributed by atoms with E-state index in [4.69, 9.17) is 11.6 Å². The first-order valence-electron chi connectivity index (χ1n) is 5.49. The Balaban J connectivity index is 1.78. The lowest BCUT2D eigenvalue weighted by Gasteiger charge is -2.10. The van der Waals surface area contributed by atoms with Gasteiger partial charge in [-0.25, -0.2) is 0 Å². The van der Waals surface area contributed by atoms with Crippen molar-refractivity contribution in [1.82, 2.24) is 5.32 Å². The van der Waals surface area contributed by atoms with Crippen molar-refractivity contribution in [2.75, 3.05) is 6.54 Å². The van der Waals surface area contributed by atoms with E-state index in [1.165, 1.54) is 18.4 Å². The summed E-state index contributed by atoms with van der Waals surface area (Å²) in [7, 11) is 0. The third-order valence-electron chi connectivity index (χ3n) is 2.83. The molecule has 1 aliphatic carbocycles. The van der Waals surface area contributed by atoms with Crippen LogP contribution in [0.1, 0.15) is 18.4 Å². The maximum absolute atomic E-state index is 9.67. The van der Waals surface area contributed by atoms with E-state index in [0.29, 0.717) is 12.5 Å². The number of nitrogens with one attached hydrogen (secondary N) is 1. The smallest absolute Gasteiger partial charge is 0.0692 e. The van der Waals surface area contributed by atoms with Gasteiger partial charge in [0, 0.05) is 17.6 Å². The number of hydrogen-bond donors (Lipinski definition) is 2. The summed E-state index contributed by atoms with van der Waals surface area (Å²) in [5, 5.41) is 13.7. The van der Waals surface area contributed by atoms with Crippen LogP contribution in [-0.4, -0.2) is 17.8 Å². The van der Waals surface area contributed by atoms with Gasteiger partial charge in [-0.1, -0.05) is 17.7 Å². The van der Waals surface area contributed by atoms with Crippen LogP contribution in [0.15, 0.2) is 22.7 Å². The zero-order valence-corrected chi connectivity index (χ0v) is 11.3. The quantitative estimate of drug-likeness (QED) is 0.876. The van der Waals surface area contributed by atoms with Gasteiger partial charge in [0.1, 0.15) is 0 Å². The van der Waals surface area contributed by atoms with Crippen LogP contribution in [0.5, 0.6) is 0 Å². The summed E-state index contributed by atoms with van der Waals surface area (Å²) in [4.78, 5) is 0. The molecule has 88 valence electrons. The van der Waals surface area contributed by atoms with Crippen LogP contribution < -0.4 is 5.32 Å². The summed E-state index contributed by atoms with van der Waals surface area (Å²) in [5.41, 5.74) is 1.17. The van der Waals surface area contributed by atoms with Gasteiger partial charge < -0.3 is 10.4 Å². The molecule has 1 aliphatic rings. The lowest BCUT2D eigenvalue weighted by molar-refractivity contribution is 0.148. The Morgan fingerprint density at radius 1 is 1.50 bits per heavy atom. The first-order valence-corrected chi connectivity index (χ1v) is 6.66. The van der Waals surface area contributed by atoms with Gasteiger partial charge in [0.05, 0.1) is 11.1 Å². The second-order valence-electron chi connectivity index (χ2n) is 4.28. The van der Waals surface area contributed by atoms with E-state index >= 15 is 0 Å². The lowest BCUT2D eigenvalue weighted by Crippen LogP contribution is -2.27. The highest BCUT2D eigenvalue weighted by atomic mass is 79.9. The first-order chi connectivity index (χ1) is 7.66. The molecule has 1 aromatic rings. The highest BCUT2D eigenvalue weighted by molar-refractivity contribution is 9.10. The number of aliphatic hydroxyl groups is 1. The molecule has 1 fully saturated rings. The van der Waals surface area contributed by atoms with E-state index in [1.807, 2.05) is 18.2 Å². The van der Waals surface area contributed by atoms with Crippen molar-refractivity contribution >= 4 is 27.5 Å². The second-order valence-corrected chi connectivity index (χ2v) is 5.55. The Morgan fingerprint density at radius 2 is 2.25 bits per heavy atom. The number of benzene rings is 1. The van der Waals surface area contributed by atoms with Crippen molar-refractivity contribution in [3.8, 4) is 0 Å². The van der Waals surface area contributed by atoms with Crippen molar-refractivity contribution in [1.29, 1.82) is 0 Å². The number of aliphatic hydroxyl groups excluding tert-OH is 1. The maximum Gasteiger partial charge on any atom is 0.0692 e. The molecule has 0 radical (unpaired) electrons. The molecule has 1 atom stereocenters. The van der Waals surface area contributed by atoms with E-state index in [-0.39, 0.29) is 6.10 Å². The summed E-state index contributed by atoms with van der Waals surface area (Å²) in [5.74, 6) is 0.532. The van der Waals surface area contributed by atoms with E-state index in [0.717, 1.165) is 16.0 Å². The predicted octanol–water partition coefficient (Wildman–Crippen LogP) is 2.96. The minimum absolute atomic E-state index is 0.184. The Morgan fingerprint density at radius 3 is 2.88 bits per heavy atom. The molecular weight excluding hydrogens is 289 g/mol. The standard InChI is InChI=1S/C12H15BrClNO/c13-10-5-8(1-4-11(10)14)6-15-7-12(16)9-2-3-9/h1,4-5,9,12,15-16H,2-3,6-7H2. The van der Waals surface area contributed by atoms with Crippen LogP contribution in [0.2, 0.25) is 5.02 Å². The zero-order valence-electron chi connectivity index (χ0n) is 8.92. The van der Waals surface area contributed by atoms with Crippen molar-refractivity contribution in [2.24, 2.45) is 5.92 Å². The average Bonchev–Trinajstić information content (AvgIpc) is 3.07. The summed E-state index contributed by atoms with van der Waals surface area (Å²) in [6.45, 7) is 1.43. The second kappa shape index (κ2) is 5.50. The number of hydrogen-bond acceptors (Lipinski definition) is 2. The highest BCUT2D eigenvalue weighted by Crippen LogP contribution is 2.32. The van der Waals surface area contributed by atoms with Gasteiger partial charge in [0.25, 0.3) is 0 Å². The Kier molecular flexibility index (Phi) is 4.25. The number of halogens is 2. The fraction of sp³-hybridized carbons (Fsp3) is 0.500. The van der Waals surface area contributed by atoms with Crippen molar-refractivity contribution < 1.29 is 5.11 Å². The molecule has 2 N–H and O–H groups in total. The minimum Gasteiger partial charge on any atom is -0.392 e. The first kappa shape index (κ1) is 12.4. The molecule has 0 aromatic heterocycles. The molecular formula is C12H15BrClNO. The van der Waals surface area contributed by atoms with Gasteiger partial charge in [-0.2, -0.15) is 0 Å². The van der Waals surface area contributed by atoms with Crippen molar-refractivity contribution in [2.45, 2.75) is 25.5 Å². The summed E-state index contributed by atoms with van der Waals surface area (Å²) in [6, 6.07) is 5.86. The molecule has 4 heteroatoms. The molecule has 1 saturated carbocycles. The molecule has 2 rings (SSSR count). The predicted molar refractivity (Wildman–Crippen MR) is 69.6 cm³/mol. The van der Waals surface area contributed by atoms with Gasteiger partial charge in [-0.3, -0.25) is 0 Å². The average molecular weight is 305 g/mol. The zero-order chi connectivity index (χ0) is 11.5. The van der Waals surface area contributed by atoms with E-state index in [2.05, 4.69) is 21.2 Å². The van der Waals surface area contributed by atoms with E-state index < -0.39 is 0 Å². The monoisotopic (exact) mass is 303 g/mol. The third kappa shape index (κ3) is 3.45. The van der Waals surface area contributed by atoms with Crippen molar-refractivity contribution in [3.63, 3.8) is 0 Å². The fourth-order valence-electron chi connectivity index (χ4n) is 1.66. The summed E-state index contributed by atoms with van der Waals surface area (Å²) < 4.78 is 0.913. The molecule has 1 aromatic carbocycles. The van der Waals surface area contributed by atoms with Crippen LogP contribution in [0, 0.1) is 5.92 Å². The highest BCUT2D eigenvalue weighted by Gasteiger charge is 2.28. The van der Waals surface area contributed by atoms with Gasteiger partial charge in [0.2, 0.25) is 0 Å². The Hall–Kier alpha value is -0.0900. The van der Waals surface area contributed by atoms with Gasteiger partial charge >= 0.3 is 0 Å². The normalized spacial score (nSPS) is 17.4. The van der Waals surface area contributed by atoms with Crippen LogP contribution in [-0.2, 0) is 6.54 Å². The van der Waals surface area contributed by atoms with E-state index in [9.17, 15) is 5.11 Å². The van der Waals surface area contributed by atoms with Crippen LogP contribution in [0.25, 0.3) is 0 Å². The Bertz CT molecular complexity index is 368. The molecule has 0 spiro atoms. The topological polar surface area (TPSA) is 32.3 Å². The Labute approximate surface area is 109 Å². The van der Waals surface area contributed by atoms with Crippen molar-refractivity contribution in [3.05, 3.63) is 33.3 Å². The lowest BCUT2D eigenvalue weighted by atomic mass is 10.2. The largest absolute Gasteiger partial charge is 0.392 e. The molecule has 16 heavy (non-hydrogen) atoms. The van der Waals surface area contributed by atoms with Gasteiger partial charge in [0.15, 0.2) is 0 Å². The van der Waals surface area contributed by atoms with Crippen LogP contribution >= 0.6 is 27.5 Å². The molecule has 1 unspecified atom stereocenters. The van der Waals surface area contributed by atoms with E-state index in [1.54, 1.807) is 0 Å². The fourth-order valence-corrected chi connectivity index (χ4v) is 2.21. The molecule has 0 aliphatic heterocycles. The molecule has 0 heterocycles. The molecule has 2 nitrogen and oxygen atoms in total. The molecule has 0 bridgehead atoms. The van der Waals surface area contributed by atoms with Gasteiger partial charge in [-0.15, -0.1) is 0 Å². The third-order valence-corrected chi connectivity index (χ3v) is 4.05. The van der Waals surface area contributed by atoms with Gasteiger partial charge in [-0.05, 0) is 52.4 Å². The molecule has 0 saturated heterocycles. The SMILES string of the molecule is OC(CNCc1ccc(Cl)c(Br)c1)C1CC1.